The molecule has 0 aliphatic rings. The quantitative estimate of drug-likeness (QED) is 0.0442. The van der Waals surface area contributed by atoms with Crippen molar-refractivity contribution in [3.63, 3.8) is 0 Å². The molecule has 0 atom stereocenters. The Morgan fingerprint density at radius 1 is 0.396 bits per heavy atom. The van der Waals surface area contributed by atoms with Crippen LogP contribution in [0, 0.1) is 0 Å². The molecule has 0 radical (unpaired) electrons. The van der Waals surface area contributed by atoms with Crippen molar-refractivity contribution >= 4 is 0 Å². The van der Waals surface area contributed by atoms with E-state index in [4.69, 9.17) is 9.68 Å². The smallest absolute Gasteiger partial charge is 0.235 e. The molecule has 0 saturated heterocycles. The largest absolute Gasteiger partial charge is 0.238 e. The van der Waals surface area contributed by atoms with Gasteiger partial charge in [-0.2, -0.15) is 0 Å². The summed E-state index contributed by atoms with van der Waals surface area (Å²) in [7, 11) is 0. The van der Waals surface area contributed by atoms with Crippen LogP contribution >= 0.6 is 0 Å². The Bertz CT molecular complexity index is 982. The van der Waals surface area contributed by atoms with E-state index in [2.05, 4.69) is 64.4 Å². The number of rotatable bonds is 32. The van der Waals surface area contributed by atoms with Crippen LogP contribution in [0.3, 0.4) is 0 Å². The molecule has 0 amide bonds. The van der Waals surface area contributed by atoms with Crippen LogP contribution in [-0.4, -0.2) is 0 Å². The van der Waals surface area contributed by atoms with Crippen LogP contribution in [0.1, 0.15) is 204 Å². The summed E-state index contributed by atoms with van der Waals surface area (Å²) < 4.78 is 3.99. The summed E-state index contributed by atoms with van der Waals surface area (Å²) in [4.78, 5) is 12.5. The second-order valence-corrected chi connectivity index (χ2v) is 14.2. The molecule has 0 aromatic carbocycles. The predicted octanol–water partition coefficient (Wildman–Crippen LogP) is 11.9. The minimum atomic E-state index is 1.06. The van der Waals surface area contributed by atoms with E-state index in [0.29, 0.717) is 0 Å². The molecule has 0 saturated carbocycles. The van der Waals surface area contributed by atoms with Gasteiger partial charge in [-0.15, -0.1) is 0 Å². The monoisotopic (exact) mass is 665 g/mol. The standard InChI is InChI=1S/C44H76N2O2/c1-5-9-13-17-21-25-31-41-33-29-37-45(43(41)35-27-23-19-15-11-7-3)47-39-40-48-46-38-30-34-42(32-26-22-18-14-10-6-2)44(46)36-28-24-20-16-12-8-4/h29-30,33-34,37-40H,5-28,31-32,35-36H2,1-4H3/q+2. The number of hydrogen-bond acceptors (Lipinski definition) is 2. The molecule has 0 spiro atoms. The molecule has 4 nitrogen and oxygen atoms in total. The Labute approximate surface area is 297 Å². The van der Waals surface area contributed by atoms with Crippen molar-refractivity contribution in [2.75, 3.05) is 0 Å². The van der Waals surface area contributed by atoms with Gasteiger partial charge < -0.3 is 0 Å². The lowest BCUT2D eigenvalue weighted by molar-refractivity contribution is -0.890. The second kappa shape index (κ2) is 29.5. The summed E-state index contributed by atoms with van der Waals surface area (Å²) in [5, 5.41) is 0. The molecule has 4 heteroatoms. The van der Waals surface area contributed by atoms with Crippen molar-refractivity contribution in [1.29, 1.82) is 0 Å². The van der Waals surface area contributed by atoms with Gasteiger partial charge in [0.1, 0.15) is 0 Å². The van der Waals surface area contributed by atoms with Gasteiger partial charge in [0.25, 0.3) is 0 Å². The lowest BCUT2D eigenvalue weighted by Gasteiger charge is -2.08. The van der Waals surface area contributed by atoms with E-state index >= 15 is 0 Å². The third-order valence-corrected chi connectivity index (χ3v) is 9.85. The molecule has 2 rings (SSSR count). The number of aryl methyl sites for hydroxylation is 2. The van der Waals surface area contributed by atoms with Crippen molar-refractivity contribution < 1.29 is 19.1 Å². The first-order valence-electron chi connectivity index (χ1n) is 20.8. The summed E-state index contributed by atoms with van der Waals surface area (Å²) in [5.41, 5.74) is 5.52. The first kappa shape index (κ1) is 41.8. The Morgan fingerprint density at radius 3 is 1.02 bits per heavy atom. The Morgan fingerprint density at radius 2 is 0.688 bits per heavy atom. The lowest BCUT2D eigenvalue weighted by Crippen LogP contribution is -2.46. The summed E-state index contributed by atoms with van der Waals surface area (Å²) in [6, 6.07) is 8.92. The molecule has 0 aliphatic carbocycles. The van der Waals surface area contributed by atoms with Gasteiger partial charge in [0.15, 0.2) is 0 Å². The van der Waals surface area contributed by atoms with Crippen molar-refractivity contribution in [1.82, 2.24) is 0 Å². The second-order valence-electron chi connectivity index (χ2n) is 14.2. The molecule has 0 aliphatic heterocycles. The maximum atomic E-state index is 6.27. The van der Waals surface area contributed by atoms with Crippen LogP contribution in [0.2, 0.25) is 0 Å². The van der Waals surface area contributed by atoms with Crippen LogP contribution in [0.25, 0.3) is 0 Å². The average Bonchev–Trinajstić information content (AvgIpc) is 3.10. The van der Waals surface area contributed by atoms with Crippen molar-refractivity contribution in [3.05, 3.63) is 71.7 Å². The van der Waals surface area contributed by atoms with Crippen LogP contribution < -0.4 is 19.1 Å². The van der Waals surface area contributed by atoms with Gasteiger partial charge >= 0.3 is 0 Å². The van der Waals surface area contributed by atoms with E-state index in [1.807, 2.05) is 9.46 Å². The number of pyridine rings is 2. The van der Waals surface area contributed by atoms with E-state index in [0.717, 1.165) is 25.7 Å². The van der Waals surface area contributed by atoms with Crippen LogP contribution in [0.4, 0.5) is 0 Å². The van der Waals surface area contributed by atoms with Crippen LogP contribution in [0.5, 0.6) is 0 Å². The number of unbranched alkanes of at least 4 members (excludes halogenated alkanes) is 20. The Hall–Kier alpha value is -2.36. The first-order valence-corrected chi connectivity index (χ1v) is 20.8. The summed E-state index contributed by atoms with van der Waals surface area (Å²) in [6.07, 6.45) is 43.5. The zero-order valence-electron chi connectivity index (χ0n) is 32.1. The van der Waals surface area contributed by atoms with Gasteiger partial charge in [0.2, 0.25) is 36.3 Å². The molecule has 48 heavy (non-hydrogen) atoms. The maximum absolute atomic E-state index is 6.27. The predicted molar refractivity (Wildman–Crippen MR) is 204 cm³/mol. The molecule has 0 fully saturated rings. The molecular formula is C44H76N2O2+2. The normalized spacial score (nSPS) is 11.5. The molecule has 272 valence electrons. The third-order valence-electron chi connectivity index (χ3n) is 9.85. The molecule has 2 heterocycles. The SMILES string of the molecule is CCCCCCCCc1ccc[n+](OC=CO[n+]2cccc(CCCCCCCC)c2CCCCCCCC)c1CCCCCCCC. The maximum Gasteiger partial charge on any atom is 0.238 e. The number of aromatic nitrogens is 2. The number of nitrogens with zero attached hydrogens (tertiary/aromatic N) is 2. The van der Waals surface area contributed by atoms with E-state index in [1.165, 1.54) is 177 Å². The highest BCUT2D eigenvalue weighted by Gasteiger charge is 2.19. The molecule has 0 bridgehead atoms. The topological polar surface area (TPSA) is 26.2 Å². The van der Waals surface area contributed by atoms with Crippen molar-refractivity contribution in [2.24, 2.45) is 0 Å². The molecule has 2 aromatic rings. The van der Waals surface area contributed by atoms with Gasteiger partial charge in [-0.25, -0.2) is 9.68 Å². The summed E-state index contributed by atoms with van der Waals surface area (Å²) >= 11 is 0. The van der Waals surface area contributed by atoms with Gasteiger partial charge in [0.05, 0.1) is 0 Å². The molecule has 0 N–H and O–H groups in total. The summed E-state index contributed by atoms with van der Waals surface area (Å²) in [6.45, 7) is 9.16. The fourth-order valence-electron chi connectivity index (χ4n) is 6.84. The Balaban J connectivity index is 2.08. The van der Waals surface area contributed by atoms with E-state index in [-0.39, 0.29) is 0 Å². The molecule has 2 aromatic heterocycles. The Kier molecular flexibility index (Phi) is 25.7. The highest BCUT2D eigenvalue weighted by molar-refractivity contribution is 5.17. The minimum absolute atomic E-state index is 1.06. The van der Waals surface area contributed by atoms with Crippen molar-refractivity contribution in [3.8, 4) is 0 Å². The number of hydrogen-bond donors (Lipinski definition) is 0. The highest BCUT2D eigenvalue weighted by Crippen LogP contribution is 2.17. The lowest BCUT2D eigenvalue weighted by atomic mass is 10.0. The molecule has 0 unspecified atom stereocenters. The fourth-order valence-corrected chi connectivity index (χ4v) is 6.84. The minimum Gasteiger partial charge on any atom is -0.235 e. The van der Waals surface area contributed by atoms with Gasteiger partial charge in [-0.3, -0.25) is 0 Å². The fraction of sp³-hybridized carbons (Fsp3) is 0.727. The zero-order chi connectivity index (χ0) is 34.3. The molecular weight excluding hydrogens is 588 g/mol. The zero-order valence-corrected chi connectivity index (χ0v) is 32.1. The highest BCUT2D eigenvalue weighted by atomic mass is 16.7. The van der Waals surface area contributed by atoms with Crippen LogP contribution in [0.15, 0.2) is 49.2 Å². The van der Waals surface area contributed by atoms with E-state index in [9.17, 15) is 0 Å². The van der Waals surface area contributed by atoms with E-state index in [1.54, 1.807) is 12.5 Å². The van der Waals surface area contributed by atoms with Gasteiger partial charge in [0, 0.05) is 45.6 Å². The van der Waals surface area contributed by atoms with E-state index < -0.39 is 0 Å². The van der Waals surface area contributed by atoms with Crippen molar-refractivity contribution in [2.45, 2.75) is 207 Å². The third kappa shape index (κ3) is 19.0. The summed E-state index contributed by atoms with van der Waals surface area (Å²) in [5.74, 6) is 0. The van der Waals surface area contributed by atoms with Gasteiger partial charge in [-0.05, 0) is 50.7 Å². The van der Waals surface area contributed by atoms with Gasteiger partial charge in [-0.1, -0.05) is 156 Å². The van der Waals surface area contributed by atoms with Crippen LogP contribution in [-0.2, 0) is 25.7 Å². The average molecular weight is 665 g/mol. The first-order chi connectivity index (χ1) is 23.7.